The Morgan fingerprint density at radius 1 is 1.27 bits per heavy atom. The van der Waals surface area contributed by atoms with Crippen molar-refractivity contribution in [3.05, 3.63) is 0 Å². The van der Waals surface area contributed by atoms with Crippen molar-refractivity contribution in [1.29, 1.82) is 0 Å². The zero-order valence-electron chi connectivity index (χ0n) is 11.5. The predicted molar refractivity (Wildman–Crippen MR) is 69.4 cm³/mol. The molecule has 0 aliphatic carbocycles. The zero-order chi connectivity index (χ0) is 11.8. The van der Waals surface area contributed by atoms with Gasteiger partial charge >= 0.3 is 0 Å². The highest BCUT2D eigenvalue weighted by atomic mass is 15.1. The molecular weight excluding hydrogens is 184 g/mol. The molecule has 0 aromatic carbocycles. The molecule has 15 heavy (non-hydrogen) atoms. The molecule has 2 nitrogen and oxygen atoms in total. The Hall–Kier alpha value is -0.0800. The summed E-state index contributed by atoms with van der Waals surface area (Å²) in [5.41, 5.74) is 0. The van der Waals surface area contributed by atoms with Gasteiger partial charge in [-0.2, -0.15) is 0 Å². The van der Waals surface area contributed by atoms with E-state index in [2.05, 4.69) is 38.0 Å². The molecule has 1 rings (SSSR count). The Morgan fingerprint density at radius 3 is 2.40 bits per heavy atom. The average Bonchev–Trinajstić information content (AvgIpc) is 2.32. The summed E-state index contributed by atoms with van der Waals surface area (Å²) in [6, 6.07) is 2.10. The monoisotopic (exact) mass is 214 g/mol. The van der Waals surface area contributed by atoms with Crippen LogP contribution in [0.2, 0.25) is 0 Å². The van der Waals surface area contributed by atoms with E-state index in [0.29, 0.717) is 6.04 Å². The first-order chi connectivity index (χ1) is 7.09. The predicted octanol–water partition coefficient (Wildman–Crippen LogP) is 2.88. The van der Waals surface area contributed by atoms with Crippen LogP contribution >= 0.6 is 0 Å². The Kier molecular flexibility index (Phi) is 8.07. The molecule has 1 saturated heterocycles. The zero-order valence-corrected chi connectivity index (χ0v) is 11.5. The lowest BCUT2D eigenvalue weighted by Crippen LogP contribution is -2.38. The lowest BCUT2D eigenvalue weighted by atomic mass is 10.1. The number of nitrogens with zero attached hydrogens (tertiary/aromatic N) is 1. The molecule has 1 aliphatic heterocycles. The highest BCUT2D eigenvalue weighted by Gasteiger charge is 2.20. The molecule has 0 saturated carbocycles. The standard InChI is InChI=1S/C11H24N2.C2H6/c1-9(2)12-11-6-5-7-13(4)10(3)8-11;1-2/h9-12H,5-8H2,1-4H3;1-2H3. The maximum absolute atomic E-state index is 3.65. The molecule has 2 heteroatoms. The summed E-state index contributed by atoms with van der Waals surface area (Å²) in [6.45, 7) is 12.1. The van der Waals surface area contributed by atoms with E-state index in [4.69, 9.17) is 0 Å². The van der Waals surface area contributed by atoms with Gasteiger partial charge in [0.05, 0.1) is 0 Å². The lowest BCUT2D eigenvalue weighted by Gasteiger charge is -2.25. The third-order valence-electron chi connectivity index (χ3n) is 3.01. The van der Waals surface area contributed by atoms with E-state index < -0.39 is 0 Å². The Morgan fingerprint density at radius 2 is 1.87 bits per heavy atom. The molecule has 1 fully saturated rings. The highest BCUT2D eigenvalue weighted by molar-refractivity contribution is 4.79. The van der Waals surface area contributed by atoms with E-state index in [1.807, 2.05) is 13.8 Å². The summed E-state index contributed by atoms with van der Waals surface area (Å²) in [5.74, 6) is 0. The molecule has 1 N–H and O–H groups in total. The quantitative estimate of drug-likeness (QED) is 0.760. The van der Waals surface area contributed by atoms with Crippen LogP contribution in [0, 0.1) is 0 Å². The van der Waals surface area contributed by atoms with Crippen LogP contribution in [0.25, 0.3) is 0 Å². The smallest absolute Gasteiger partial charge is 0.00846 e. The van der Waals surface area contributed by atoms with Crippen molar-refractivity contribution in [3.8, 4) is 0 Å². The lowest BCUT2D eigenvalue weighted by molar-refractivity contribution is 0.254. The molecule has 92 valence electrons. The SMILES string of the molecule is CC.CC(C)NC1CCCN(C)C(C)C1. The van der Waals surface area contributed by atoms with Crippen molar-refractivity contribution in [1.82, 2.24) is 10.2 Å². The largest absolute Gasteiger partial charge is 0.312 e. The molecular formula is C13H30N2. The van der Waals surface area contributed by atoms with Gasteiger partial charge in [0, 0.05) is 18.1 Å². The van der Waals surface area contributed by atoms with Crippen molar-refractivity contribution < 1.29 is 0 Å². The summed E-state index contributed by atoms with van der Waals surface area (Å²) in [4.78, 5) is 2.47. The molecule has 1 heterocycles. The maximum atomic E-state index is 3.65. The van der Waals surface area contributed by atoms with Gasteiger partial charge in [-0.05, 0) is 39.8 Å². The van der Waals surface area contributed by atoms with Crippen LogP contribution in [-0.2, 0) is 0 Å². The van der Waals surface area contributed by atoms with E-state index in [1.54, 1.807) is 0 Å². The number of nitrogens with one attached hydrogen (secondary N) is 1. The fourth-order valence-electron chi connectivity index (χ4n) is 2.14. The van der Waals surface area contributed by atoms with Crippen LogP contribution in [0.1, 0.15) is 53.9 Å². The molecule has 0 radical (unpaired) electrons. The van der Waals surface area contributed by atoms with Crippen molar-refractivity contribution in [2.24, 2.45) is 0 Å². The van der Waals surface area contributed by atoms with E-state index in [1.165, 1.54) is 25.8 Å². The molecule has 0 aromatic heterocycles. The van der Waals surface area contributed by atoms with Gasteiger partial charge in [-0.25, -0.2) is 0 Å². The van der Waals surface area contributed by atoms with Crippen LogP contribution in [0.4, 0.5) is 0 Å². The first-order valence-electron chi connectivity index (χ1n) is 6.56. The van der Waals surface area contributed by atoms with Crippen molar-refractivity contribution in [2.75, 3.05) is 13.6 Å². The van der Waals surface area contributed by atoms with Gasteiger partial charge in [-0.3, -0.25) is 0 Å². The normalized spacial score (nSPS) is 28.2. The summed E-state index contributed by atoms with van der Waals surface area (Å²) >= 11 is 0. The van der Waals surface area contributed by atoms with Crippen LogP contribution in [0.15, 0.2) is 0 Å². The molecule has 0 bridgehead atoms. The Balaban J connectivity index is 0.000000921. The molecule has 0 spiro atoms. The molecule has 1 aliphatic rings. The second-order valence-electron chi connectivity index (χ2n) is 4.73. The number of likely N-dealkylation sites (tertiary alicyclic amines) is 1. The third kappa shape index (κ3) is 6.16. The summed E-state index contributed by atoms with van der Waals surface area (Å²) in [7, 11) is 2.24. The van der Waals surface area contributed by atoms with Crippen LogP contribution in [-0.4, -0.2) is 36.6 Å². The van der Waals surface area contributed by atoms with Gasteiger partial charge in [0.25, 0.3) is 0 Å². The van der Waals surface area contributed by atoms with Gasteiger partial charge in [-0.1, -0.05) is 27.7 Å². The van der Waals surface area contributed by atoms with Gasteiger partial charge in [0.1, 0.15) is 0 Å². The fourth-order valence-corrected chi connectivity index (χ4v) is 2.14. The van der Waals surface area contributed by atoms with Crippen molar-refractivity contribution in [3.63, 3.8) is 0 Å². The van der Waals surface area contributed by atoms with Crippen LogP contribution < -0.4 is 5.32 Å². The highest BCUT2D eigenvalue weighted by Crippen LogP contribution is 2.15. The maximum Gasteiger partial charge on any atom is 0.00846 e. The first kappa shape index (κ1) is 14.9. The fraction of sp³-hybridized carbons (Fsp3) is 1.00. The van der Waals surface area contributed by atoms with E-state index in [0.717, 1.165) is 12.1 Å². The number of hydrogen-bond acceptors (Lipinski definition) is 2. The molecule has 0 amide bonds. The summed E-state index contributed by atoms with van der Waals surface area (Å²) in [6.07, 6.45) is 3.98. The van der Waals surface area contributed by atoms with Crippen molar-refractivity contribution in [2.45, 2.75) is 72.0 Å². The Bertz CT molecular complexity index is 145. The minimum absolute atomic E-state index is 0.626. The Labute approximate surface area is 96.4 Å². The van der Waals surface area contributed by atoms with E-state index >= 15 is 0 Å². The van der Waals surface area contributed by atoms with Gasteiger partial charge in [0.2, 0.25) is 0 Å². The van der Waals surface area contributed by atoms with Crippen LogP contribution in [0.5, 0.6) is 0 Å². The second-order valence-corrected chi connectivity index (χ2v) is 4.73. The van der Waals surface area contributed by atoms with Crippen molar-refractivity contribution >= 4 is 0 Å². The number of rotatable bonds is 2. The average molecular weight is 214 g/mol. The molecule has 2 atom stereocenters. The first-order valence-corrected chi connectivity index (χ1v) is 6.56. The summed E-state index contributed by atoms with van der Waals surface area (Å²) in [5, 5.41) is 3.65. The number of hydrogen-bond donors (Lipinski definition) is 1. The van der Waals surface area contributed by atoms with Gasteiger partial charge in [0.15, 0.2) is 0 Å². The summed E-state index contributed by atoms with van der Waals surface area (Å²) < 4.78 is 0. The molecule has 2 unspecified atom stereocenters. The van der Waals surface area contributed by atoms with Gasteiger partial charge in [-0.15, -0.1) is 0 Å². The molecule has 0 aromatic rings. The second kappa shape index (κ2) is 8.12. The van der Waals surface area contributed by atoms with E-state index in [9.17, 15) is 0 Å². The van der Waals surface area contributed by atoms with Crippen LogP contribution in [0.3, 0.4) is 0 Å². The minimum Gasteiger partial charge on any atom is -0.312 e. The van der Waals surface area contributed by atoms with Gasteiger partial charge < -0.3 is 10.2 Å². The third-order valence-corrected chi connectivity index (χ3v) is 3.01. The minimum atomic E-state index is 0.626. The topological polar surface area (TPSA) is 15.3 Å². The van der Waals surface area contributed by atoms with E-state index in [-0.39, 0.29) is 0 Å².